The highest BCUT2D eigenvalue weighted by molar-refractivity contribution is 6.00. The minimum Gasteiger partial charge on any atom is -0.459 e. The lowest BCUT2D eigenvalue weighted by atomic mass is 10.2. The molecule has 0 radical (unpaired) electrons. The zero-order valence-electron chi connectivity index (χ0n) is 15.7. The van der Waals surface area contributed by atoms with E-state index in [4.69, 9.17) is 9.68 Å². The Bertz CT molecular complexity index is 971. The molecular formula is C21H20N4O4. The van der Waals surface area contributed by atoms with Crippen molar-refractivity contribution in [2.75, 3.05) is 31.5 Å². The quantitative estimate of drug-likeness (QED) is 0.852. The molecule has 1 aromatic carbocycles. The molecule has 29 heavy (non-hydrogen) atoms. The summed E-state index contributed by atoms with van der Waals surface area (Å²) in [7, 11) is 0. The molecule has 148 valence electrons. The van der Waals surface area contributed by atoms with E-state index in [1.54, 1.807) is 46.2 Å². The summed E-state index contributed by atoms with van der Waals surface area (Å²) in [5.41, 5.74) is 0.852. The first kappa shape index (κ1) is 18.7. The van der Waals surface area contributed by atoms with Gasteiger partial charge in [0.2, 0.25) is 11.8 Å². The largest absolute Gasteiger partial charge is 0.459 e. The van der Waals surface area contributed by atoms with E-state index in [1.165, 1.54) is 6.26 Å². The molecule has 0 bridgehead atoms. The van der Waals surface area contributed by atoms with Gasteiger partial charge in [0.15, 0.2) is 5.76 Å². The predicted molar refractivity (Wildman–Crippen MR) is 103 cm³/mol. The van der Waals surface area contributed by atoms with Crippen LogP contribution in [0.5, 0.6) is 0 Å². The first-order valence-corrected chi connectivity index (χ1v) is 9.50. The number of carbonyl (C=O) groups excluding carboxylic acids is 3. The van der Waals surface area contributed by atoms with Gasteiger partial charge in [-0.1, -0.05) is 12.1 Å². The van der Waals surface area contributed by atoms with Crippen molar-refractivity contribution in [1.29, 1.82) is 5.26 Å². The predicted octanol–water partition coefficient (Wildman–Crippen LogP) is 1.71. The van der Waals surface area contributed by atoms with E-state index in [1.807, 2.05) is 6.07 Å². The number of hydrogen-bond acceptors (Lipinski definition) is 5. The Morgan fingerprint density at radius 2 is 1.72 bits per heavy atom. The molecule has 1 N–H and O–H groups in total. The number of hydrogen-bond donors (Lipinski definition) is 1. The summed E-state index contributed by atoms with van der Waals surface area (Å²) >= 11 is 0. The number of benzene rings is 1. The molecule has 2 heterocycles. The van der Waals surface area contributed by atoms with Crippen LogP contribution in [0.1, 0.15) is 22.5 Å². The van der Waals surface area contributed by atoms with Gasteiger partial charge in [0.25, 0.3) is 5.91 Å². The van der Waals surface area contributed by atoms with Gasteiger partial charge in [0.05, 0.1) is 29.3 Å². The maximum atomic E-state index is 12.7. The van der Waals surface area contributed by atoms with E-state index in [9.17, 15) is 14.4 Å². The maximum Gasteiger partial charge on any atom is 0.289 e. The van der Waals surface area contributed by atoms with Crippen molar-refractivity contribution in [2.24, 2.45) is 11.8 Å². The van der Waals surface area contributed by atoms with Crippen molar-refractivity contribution < 1.29 is 18.8 Å². The Hall–Kier alpha value is -3.60. The number of nitrogens with zero attached hydrogens (tertiary/aromatic N) is 3. The summed E-state index contributed by atoms with van der Waals surface area (Å²) in [5.74, 6) is -0.890. The second kappa shape index (κ2) is 7.80. The third-order valence-electron chi connectivity index (χ3n) is 5.36. The van der Waals surface area contributed by atoms with Crippen LogP contribution in [-0.4, -0.2) is 53.7 Å². The molecule has 1 aliphatic heterocycles. The second-order valence-corrected chi connectivity index (χ2v) is 7.19. The zero-order chi connectivity index (χ0) is 20.4. The summed E-state index contributed by atoms with van der Waals surface area (Å²) in [6.07, 6.45) is 1.96. The Morgan fingerprint density at radius 1 is 1.00 bits per heavy atom. The average molecular weight is 392 g/mol. The monoisotopic (exact) mass is 392 g/mol. The van der Waals surface area contributed by atoms with Crippen molar-refractivity contribution >= 4 is 23.4 Å². The molecule has 2 unspecified atom stereocenters. The molecule has 2 aliphatic rings. The molecule has 8 nitrogen and oxygen atoms in total. The summed E-state index contributed by atoms with van der Waals surface area (Å²) in [6.45, 7) is 1.75. The van der Waals surface area contributed by atoms with Crippen LogP contribution in [0.15, 0.2) is 47.1 Å². The fourth-order valence-electron chi connectivity index (χ4n) is 3.59. The molecule has 1 saturated carbocycles. The Balaban J connectivity index is 1.29. The van der Waals surface area contributed by atoms with Gasteiger partial charge in [0, 0.05) is 26.2 Å². The molecule has 4 rings (SSSR count). The molecule has 1 saturated heterocycles. The molecule has 1 aromatic heterocycles. The molecule has 2 aromatic rings. The van der Waals surface area contributed by atoms with E-state index >= 15 is 0 Å². The van der Waals surface area contributed by atoms with Crippen molar-refractivity contribution in [1.82, 2.24) is 9.80 Å². The van der Waals surface area contributed by atoms with Gasteiger partial charge in [-0.2, -0.15) is 5.26 Å². The number of carbonyl (C=O) groups is 3. The average Bonchev–Trinajstić information content (AvgIpc) is 3.38. The molecule has 2 atom stereocenters. The smallest absolute Gasteiger partial charge is 0.289 e. The normalized spacial score (nSPS) is 20.7. The second-order valence-electron chi connectivity index (χ2n) is 7.19. The standard InChI is InChI=1S/C21H20N4O4/c22-13-14-4-1-2-5-17(14)23-19(26)15-12-16(15)20(27)24-7-9-25(10-8-24)21(28)18-6-3-11-29-18/h1-6,11,15-16H,7-10,12H2,(H,23,26). The third kappa shape index (κ3) is 3.85. The summed E-state index contributed by atoms with van der Waals surface area (Å²) in [4.78, 5) is 40.9. The highest BCUT2D eigenvalue weighted by Gasteiger charge is 2.50. The fraction of sp³-hybridized carbons (Fsp3) is 0.333. The molecule has 3 amide bonds. The molecular weight excluding hydrogens is 372 g/mol. The molecule has 8 heteroatoms. The lowest BCUT2D eigenvalue weighted by Gasteiger charge is -2.34. The van der Waals surface area contributed by atoms with Crippen molar-refractivity contribution in [3.05, 3.63) is 54.0 Å². The maximum absolute atomic E-state index is 12.7. The van der Waals surface area contributed by atoms with Gasteiger partial charge >= 0.3 is 0 Å². The topological polar surface area (TPSA) is 107 Å². The van der Waals surface area contributed by atoms with Gasteiger partial charge in [-0.15, -0.1) is 0 Å². The van der Waals surface area contributed by atoms with Crippen molar-refractivity contribution in [3.63, 3.8) is 0 Å². The van der Waals surface area contributed by atoms with E-state index in [-0.39, 0.29) is 29.6 Å². The first-order valence-electron chi connectivity index (χ1n) is 9.50. The fourth-order valence-corrected chi connectivity index (χ4v) is 3.59. The van der Waals surface area contributed by atoms with Crippen molar-refractivity contribution in [3.8, 4) is 6.07 Å². The van der Waals surface area contributed by atoms with Crippen LogP contribution in [-0.2, 0) is 9.59 Å². The van der Waals surface area contributed by atoms with Gasteiger partial charge in [-0.05, 0) is 30.7 Å². The Morgan fingerprint density at radius 3 is 2.41 bits per heavy atom. The van der Waals surface area contributed by atoms with Crippen LogP contribution in [0.3, 0.4) is 0 Å². The van der Waals surface area contributed by atoms with Crippen LogP contribution in [0, 0.1) is 23.2 Å². The van der Waals surface area contributed by atoms with Gasteiger partial charge in [-0.25, -0.2) is 0 Å². The lowest BCUT2D eigenvalue weighted by Crippen LogP contribution is -2.51. The van der Waals surface area contributed by atoms with Crippen LogP contribution < -0.4 is 5.32 Å². The van der Waals surface area contributed by atoms with Crippen molar-refractivity contribution in [2.45, 2.75) is 6.42 Å². The van der Waals surface area contributed by atoms with Crippen LogP contribution in [0.4, 0.5) is 5.69 Å². The summed E-state index contributed by atoms with van der Waals surface area (Å²) in [6, 6.07) is 12.1. The summed E-state index contributed by atoms with van der Waals surface area (Å²) in [5, 5.41) is 11.9. The highest BCUT2D eigenvalue weighted by Crippen LogP contribution is 2.41. The van der Waals surface area contributed by atoms with Crippen LogP contribution >= 0.6 is 0 Å². The number of furan rings is 1. The number of para-hydroxylation sites is 1. The highest BCUT2D eigenvalue weighted by atomic mass is 16.3. The molecule has 0 spiro atoms. The Kier molecular flexibility index (Phi) is 5.04. The van der Waals surface area contributed by atoms with Gasteiger partial charge in [-0.3, -0.25) is 14.4 Å². The van der Waals surface area contributed by atoms with E-state index in [0.717, 1.165) is 0 Å². The minimum atomic E-state index is -0.378. The molecule has 2 fully saturated rings. The number of nitrogens with one attached hydrogen (secondary N) is 1. The van der Waals surface area contributed by atoms with E-state index in [2.05, 4.69) is 5.32 Å². The number of piperazine rings is 1. The SMILES string of the molecule is N#Cc1ccccc1NC(=O)C1CC1C(=O)N1CCN(C(=O)c2ccco2)CC1. The van der Waals surface area contributed by atoms with E-state index < -0.39 is 0 Å². The molecule has 1 aliphatic carbocycles. The number of rotatable bonds is 4. The minimum absolute atomic E-state index is 0.0520. The number of amides is 3. The van der Waals surface area contributed by atoms with Gasteiger partial charge < -0.3 is 19.5 Å². The van der Waals surface area contributed by atoms with E-state index in [0.29, 0.717) is 49.6 Å². The lowest BCUT2D eigenvalue weighted by molar-refractivity contribution is -0.135. The number of nitriles is 1. The summed E-state index contributed by atoms with van der Waals surface area (Å²) < 4.78 is 5.14. The van der Waals surface area contributed by atoms with Gasteiger partial charge in [0.1, 0.15) is 6.07 Å². The van der Waals surface area contributed by atoms with Crippen LogP contribution in [0.2, 0.25) is 0 Å². The Labute approximate surface area is 167 Å². The zero-order valence-corrected chi connectivity index (χ0v) is 15.7. The number of anilines is 1. The van der Waals surface area contributed by atoms with Crippen LogP contribution in [0.25, 0.3) is 0 Å². The first-order chi connectivity index (χ1) is 14.1. The third-order valence-corrected chi connectivity index (χ3v) is 5.36.